The number of thiol groups is 1. The van der Waals surface area contributed by atoms with Crippen LogP contribution in [0.25, 0.3) is 0 Å². The lowest BCUT2D eigenvalue weighted by Gasteiger charge is -2.06. The van der Waals surface area contributed by atoms with Crippen LogP contribution >= 0.6 is 12.6 Å². The molecule has 0 aromatic heterocycles. The molecule has 0 spiro atoms. The number of nitrogens with zero attached hydrogens (tertiary/aromatic N) is 1. The van der Waals surface area contributed by atoms with Crippen molar-refractivity contribution >= 4 is 18.6 Å². The van der Waals surface area contributed by atoms with Gasteiger partial charge in [0.15, 0.2) is 0 Å². The Hall–Kier alpha value is -1.51. The minimum atomic E-state index is -1.10. The van der Waals surface area contributed by atoms with E-state index in [1.807, 2.05) is 6.07 Å². The zero-order chi connectivity index (χ0) is 10.7. The highest BCUT2D eigenvalue weighted by atomic mass is 32.1. The van der Waals surface area contributed by atoms with Gasteiger partial charge in [-0.05, 0) is 17.7 Å². The first-order chi connectivity index (χ1) is 6.60. The molecule has 3 N–H and O–H groups in total. The van der Waals surface area contributed by atoms with Crippen LogP contribution in [0.5, 0.6) is 0 Å². The maximum atomic E-state index is 10.8. The Morgan fingerprint density at radius 2 is 2.29 bits per heavy atom. The van der Waals surface area contributed by atoms with Gasteiger partial charge in [0.1, 0.15) is 0 Å². The van der Waals surface area contributed by atoms with Gasteiger partial charge in [0.25, 0.3) is 0 Å². The van der Waals surface area contributed by atoms with Crippen LogP contribution in [0.3, 0.4) is 0 Å². The molecule has 0 aliphatic rings. The number of benzene rings is 1. The van der Waals surface area contributed by atoms with E-state index >= 15 is 0 Å². The van der Waals surface area contributed by atoms with E-state index in [9.17, 15) is 4.79 Å². The Kier molecular flexibility index (Phi) is 3.12. The van der Waals surface area contributed by atoms with Crippen molar-refractivity contribution in [2.45, 2.75) is 11.4 Å². The minimum absolute atomic E-state index is 0.0385. The van der Waals surface area contributed by atoms with Crippen LogP contribution in [-0.4, -0.2) is 11.1 Å². The fourth-order valence-electron chi connectivity index (χ4n) is 1.13. The molecule has 0 heterocycles. The first kappa shape index (κ1) is 10.6. The third-order valence-electron chi connectivity index (χ3n) is 1.79. The van der Waals surface area contributed by atoms with Crippen molar-refractivity contribution in [2.75, 3.05) is 0 Å². The smallest absolute Gasteiger partial charge is 0.336 e. The number of nitriles is 1. The number of aromatic carboxylic acids is 1. The summed E-state index contributed by atoms with van der Waals surface area (Å²) >= 11 is 4.07. The third kappa shape index (κ3) is 1.87. The summed E-state index contributed by atoms with van der Waals surface area (Å²) < 4.78 is 0. The van der Waals surface area contributed by atoms with Gasteiger partial charge in [-0.25, -0.2) is 4.79 Å². The molecule has 0 amide bonds. The molecule has 1 rings (SSSR count). The van der Waals surface area contributed by atoms with Crippen molar-refractivity contribution in [3.8, 4) is 6.07 Å². The molecule has 0 aliphatic carbocycles. The van der Waals surface area contributed by atoms with E-state index in [1.54, 1.807) is 0 Å². The maximum Gasteiger partial charge on any atom is 0.336 e. The van der Waals surface area contributed by atoms with Crippen molar-refractivity contribution in [3.63, 3.8) is 0 Å². The summed E-state index contributed by atoms with van der Waals surface area (Å²) in [6, 6.07) is 4.65. The normalized spacial score (nSPS) is 9.50. The van der Waals surface area contributed by atoms with Crippen molar-refractivity contribution in [2.24, 2.45) is 5.73 Å². The Balaban J connectivity index is 3.45. The van der Waals surface area contributed by atoms with E-state index in [4.69, 9.17) is 16.1 Å². The number of rotatable bonds is 2. The molecule has 0 fully saturated rings. The molecule has 0 bridgehead atoms. The lowest BCUT2D eigenvalue weighted by atomic mass is 10.0. The van der Waals surface area contributed by atoms with Crippen LogP contribution in [-0.2, 0) is 6.54 Å². The Labute approximate surface area is 86.4 Å². The van der Waals surface area contributed by atoms with Gasteiger partial charge >= 0.3 is 5.97 Å². The van der Waals surface area contributed by atoms with Crippen molar-refractivity contribution < 1.29 is 9.90 Å². The zero-order valence-corrected chi connectivity index (χ0v) is 8.08. The van der Waals surface area contributed by atoms with E-state index in [2.05, 4.69) is 12.6 Å². The van der Waals surface area contributed by atoms with Crippen molar-refractivity contribution in [1.29, 1.82) is 5.26 Å². The van der Waals surface area contributed by atoms with E-state index in [0.29, 0.717) is 10.5 Å². The molecular weight excluding hydrogens is 200 g/mol. The molecule has 0 saturated carbocycles. The van der Waals surface area contributed by atoms with Crippen molar-refractivity contribution in [1.82, 2.24) is 0 Å². The average molecular weight is 208 g/mol. The summed E-state index contributed by atoms with van der Waals surface area (Å²) in [7, 11) is 0. The SMILES string of the molecule is N#Cc1cc(S)c(CN)c(C(=O)O)c1. The van der Waals surface area contributed by atoms with Gasteiger partial charge < -0.3 is 10.8 Å². The third-order valence-corrected chi connectivity index (χ3v) is 2.19. The monoisotopic (exact) mass is 208 g/mol. The van der Waals surface area contributed by atoms with E-state index in [-0.39, 0.29) is 17.7 Å². The number of hydrogen-bond donors (Lipinski definition) is 3. The zero-order valence-electron chi connectivity index (χ0n) is 7.19. The first-order valence-corrected chi connectivity index (χ1v) is 4.24. The van der Waals surface area contributed by atoms with Crippen molar-refractivity contribution in [3.05, 3.63) is 28.8 Å². The largest absolute Gasteiger partial charge is 0.478 e. The molecule has 0 radical (unpaired) electrons. The van der Waals surface area contributed by atoms with Gasteiger partial charge in [0.2, 0.25) is 0 Å². The Bertz CT molecular complexity index is 424. The van der Waals surface area contributed by atoms with Gasteiger partial charge in [-0.15, -0.1) is 12.6 Å². The Morgan fingerprint density at radius 1 is 1.64 bits per heavy atom. The predicted octanol–water partition coefficient (Wildman–Crippen LogP) is 1.00. The fourth-order valence-corrected chi connectivity index (χ4v) is 1.48. The summed E-state index contributed by atoms with van der Waals surface area (Å²) in [5.74, 6) is -1.10. The molecule has 4 nitrogen and oxygen atoms in total. The second-order valence-electron chi connectivity index (χ2n) is 2.64. The lowest BCUT2D eigenvalue weighted by Crippen LogP contribution is -2.08. The van der Waals surface area contributed by atoms with Crippen LogP contribution in [0.15, 0.2) is 17.0 Å². The minimum Gasteiger partial charge on any atom is -0.478 e. The summed E-state index contributed by atoms with van der Waals surface area (Å²) in [6.45, 7) is 0.0895. The number of hydrogen-bond acceptors (Lipinski definition) is 4. The van der Waals surface area contributed by atoms with Gasteiger partial charge in [0.05, 0.1) is 17.2 Å². The molecule has 1 aromatic carbocycles. The molecule has 5 heteroatoms. The second kappa shape index (κ2) is 4.13. The highest BCUT2D eigenvalue weighted by molar-refractivity contribution is 7.80. The first-order valence-electron chi connectivity index (χ1n) is 3.79. The predicted molar refractivity (Wildman–Crippen MR) is 53.3 cm³/mol. The highest BCUT2D eigenvalue weighted by Gasteiger charge is 2.13. The van der Waals surface area contributed by atoms with E-state index < -0.39 is 5.97 Å². The average Bonchev–Trinajstić information content (AvgIpc) is 2.16. The number of carboxylic acid groups (broad SMARTS) is 1. The topological polar surface area (TPSA) is 87.1 Å². The van der Waals surface area contributed by atoms with Crippen LogP contribution in [0.1, 0.15) is 21.5 Å². The number of carboxylic acids is 1. The molecule has 14 heavy (non-hydrogen) atoms. The highest BCUT2D eigenvalue weighted by Crippen LogP contribution is 2.20. The van der Waals surface area contributed by atoms with E-state index in [0.717, 1.165) is 0 Å². The summed E-state index contributed by atoms with van der Waals surface area (Å²) in [6.07, 6.45) is 0. The van der Waals surface area contributed by atoms with Gasteiger partial charge in [-0.3, -0.25) is 0 Å². The number of carbonyl (C=O) groups is 1. The summed E-state index contributed by atoms with van der Waals surface area (Å²) in [4.78, 5) is 11.2. The quantitative estimate of drug-likeness (QED) is 0.633. The van der Waals surface area contributed by atoms with E-state index in [1.165, 1.54) is 12.1 Å². The molecule has 1 aromatic rings. The van der Waals surface area contributed by atoms with Crippen LogP contribution in [0.4, 0.5) is 0 Å². The van der Waals surface area contributed by atoms with Crippen LogP contribution < -0.4 is 5.73 Å². The second-order valence-corrected chi connectivity index (χ2v) is 3.12. The molecule has 0 aliphatic heterocycles. The number of nitrogens with two attached hydrogens (primary N) is 1. The lowest BCUT2D eigenvalue weighted by molar-refractivity contribution is 0.0695. The molecular formula is C9H8N2O2S. The fraction of sp³-hybridized carbons (Fsp3) is 0.111. The molecule has 0 saturated heterocycles. The van der Waals surface area contributed by atoms with Gasteiger partial charge in [-0.1, -0.05) is 0 Å². The Morgan fingerprint density at radius 3 is 2.71 bits per heavy atom. The molecule has 0 atom stereocenters. The maximum absolute atomic E-state index is 10.8. The van der Waals surface area contributed by atoms with Crippen LogP contribution in [0, 0.1) is 11.3 Å². The summed E-state index contributed by atoms with van der Waals surface area (Å²) in [5.41, 5.74) is 6.14. The van der Waals surface area contributed by atoms with Gasteiger partial charge in [-0.2, -0.15) is 5.26 Å². The molecule has 72 valence electrons. The van der Waals surface area contributed by atoms with Crippen LogP contribution in [0.2, 0.25) is 0 Å². The van der Waals surface area contributed by atoms with Gasteiger partial charge in [0, 0.05) is 11.4 Å². The standard InChI is InChI=1S/C9H8N2O2S/c10-3-5-1-6(9(12)13)7(4-11)8(14)2-5/h1-2,14H,4,11H2,(H,12,13). The summed E-state index contributed by atoms with van der Waals surface area (Å²) in [5, 5.41) is 17.5. The molecule has 0 unspecified atom stereocenters.